The minimum Gasteiger partial charge on any atom is -0.394 e. The first-order chi connectivity index (χ1) is 31.3. The quantitative estimate of drug-likeness (QED) is 0.0746. The van der Waals surface area contributed by atoms with Crippen molar-refractivity contribution in [3.63, 3.8) is 0 Å². The molecule has 3 heterocycles. The normalized spacial score (nSPS) is 51.8. The van der Waals surface area contributed by atoms with Crippen LogP contribution in [0, 0.1) is 45.3 Å². The van der Waals surface area contributed by atoms with Crippen LogP contribution in [-0.4, -0.2) is 197 Å². The van der Waals surface area contributed by atoms with Crippen molar-refractivity contribution < 1.29 is 94.5 Å². The SMILES string of the molecule is C=C(C)C(=O)CC[C@](C)(O[C@H]1O[C@@H](CO)[C@H](O)[C@@H](O)[C@@H]1O[C@H]1O[C@@H](CO)[C@H](O)[C@@H](O)[C@@H]1O)[C@@H]1CC[C@]2(C)[C@H]1[C@@H](O)C[C@H]1[C@@]3(C)CC[C@H](O[C@H]4O[C@@H](CO)[C@H](O)[C@@H](O)[C@@H]4O)C(C)(C)[C@@H]3CC[C@@]12C. The fraction of sp³-hybridized carbons (Fsp3) is 0.938. The summed E-state index contributed by atoms with van der Waals surface area (Å²) in [7, 11) is 0. The predicted octanol–water partition coefficient (Wildman–Crippen LogP) is -0.848. The monoisotopic (exact) mass is 961 g/mol. The second kappa shape index (κ2) is 19.6. The van der Waals surface area contributed by atoms with E-state index < -0.39 is 146 Å². The standard InChI is InChI=1S/C48H80O19/c1-21(2)23(52)10-16-48(8,67-43-40(37(59)34(56)27(20-51)64-43)66-42-39(61)36(58)33(55)26(19-50)63-42)22-9-14-47(7)31(22)24(53)17-29-45(5)13-12-30(44(3,4)28(45)11-15-46(29,47)6)65-41-38(60)35(57)32(54)25(18-49)62-41/h22,24-43,49-51,53-61H,1,9-20H2,2-8H3/t22-,24+,25+,26+,27+,28+,29+,30+,31-,32+,33+,34+,35-,36-,37-,38+,39+,40+,41-,42-,43-,45+,46+,47-,48+/m1/s1. The third-order valence-corrected chi connectivity index (χ3v) is 18.9. The Labute approximate surface area is 393 Å². The summed E-state index contributed by atoms with van der Waals surface area (Å²) in [6.07, 6.45) is -19.9. The summed E-state index contributed by atoms with van der Waals surface area (Å²) >= 11 is 0. The second-order valence-electron chi connectivity index (χ2n) is 22.8. The van der Waals surface area contributed by atoms with E-state index in [0.29, 0.717) is 31.3 Å². The van der Waals surface area contributed by atoms with Gasteiger partial charge in [-0.1, -0.05) is 41.2 Å². The molecule has 7 fully saturated rings. The number of ether oxygens (including phenoxy) is 6. The van der Waals surface area contributed by atoms with Gasteiger partial charge in [-0.15, -0.1) is 0 Å². The van der Waals surface area contributed by atoms with Crippen LogP contribution >= 0.6 is 0 Å². The summed E-state index contributed by atoms with van der Waals surface area (Å²) in [4.78, 5) is 13.3. The molecule has 0 bridgehead atoms. The number of fused-ring (bicyclic) bond motifs is 5. The van der Waals surface area contributed by atoms with E-state index >= 15 is 0 Å². The second-order valence-corrected chi connectivity index (χ2v) is 22.8. The summed E-state index contributed by atoms with van der Waals surface area (Å²) in [6.45, 7) is 16.5. The zero-order chi connectivity index (χ0) is 49.5. The van der Waals surface area contributed by atoms with E-state index in [-0.39, 0.29) is 47.2 Å². The van der Waals surface area contributed by atoms with Gasteiger partial charge in [0.1, 0.15) is 73.2 Å². The van der Waals surface area contributed by atoms with Crippen molar-refractivity contribution in [3.8, 4) is 0 Å². The molecule has 7 aliphatic rings. The van der Waals surface area contributed by atoms with Crippen LogP contribution in [0.5, 0.6) is 0 Å². The first-order valence-corrected chi connectivity index (χ1v) is 24.3. The number of allylic oxidation sites excluding steroid dienone is 1. The number of hydrogen-bond acceptors (Lipinski definition) is 19. The van der Waals surface area contributed by atoms with Crippen LogP contribution < -0.4 is 0 Å². The highest BCUT2D eigenvalue weighted by atomic mass is 16.8. The summed E-state index contributed by atoms with van der Waals surface area (Å²) in [5.74, 6) is -0.831. The van der Waals surface area contributed by atoms with Gasteiger partial charge in [-0.05, 0) is 116 Å². The number of ketones is 1. The number of hydrogen-bond donors (Lipinski definition) is 12. The van der Waals surface area contributed by atoms with Crippen molar-refractivity contribution in [3.05, 3.63) is 12.2 Å². The number of carbonyl (C=O) groups is 1. The molecule has 3 saturated heterocycles. The van der Waals surface area contributed by atoms with Gasteiger partial charge in [0.05, 0.1) is 37.6 Å². The van der Waals surface area contributed by atoms with Crippen molar-refractivity contribution >= 4 is 5.78 Å². The van der Waals surface area contributed by atoms with Crippen LogP contribution in [0.3, 0.4) is 0 Å². The Balaban J connectivity index is 1.17. The highest BCUT2D eigenvalue weighted by molar-refractivity contribution is 5.94. The maximum absolute atomic E-state index is 13.3. The largest absolute Gasteiger partial charge is 0.394 e. The molecule has 386 valence electrons. The first kappa shape index (κ1) is 53.5. The molecular formula is C48H80O19. The predicted molar refractivity (Wildman–Crippen MR) is 234 cm³/mol. The van der Waals surface area contributed by atoms with Crippen molar-refractivity contribution in [1.29, 1.82) is 0 Å². The summed E-state index contributed by atoms with van der Waals surface area (Å²) < 4.78 is 37.1. The highest BCUT2D eigenvalue weighted by Crippen LogP contribution is 2.76. The van der Waals surface area contributed by atoms with Crippen LogP contribution in [0.2, 0.25) is 0 Å². The number of rotatable bonds is 14. The molecule has 12 N–H and O–H groups in total. The molecule has 67 heavy (non-hydrogen) atoms. The van der Waals surface area contributed by atoms with E-state index in [2.05, 4.69) is 41.2 Å². The van der Waals surface area contributed by atoms with E-state index in [4.69, 9.17) is 28.4 Å². The number of carbonyl (C=O) groups excluding carboxylic acids is 1. The van der Waals surface area contributed by atoms with Crippen LogP contribution in [0.25, 0.3) is 0 Å². The van der Waals surface area contributed by atoms with Crippen molar-refractivity contribution in [2.75, 3.05) is 19.8 Å². The Morgan fingerprint density at radius 2 is 1.15 bits per heavy atom. The Kier molecular flexibility index (Phi) is 15.7. The van der Waals surface area contributed by atoms with E-state index in [1.165, 1.54) is 0 Å². The Morgan fingerprint density at radius 1 is 0.642 bits per heavy atom. The Bertz CT molecular complexity index is 1750. The van der Waals surface area contributed by atoms with Gasteiger partial charge >= 0.3 is 0 Å². The summed E-state index contributed by atoms with van der Waals surface area (Å²) in [6, 6.07) is 0. The molecule has 0 aromatic heterocycles. The Hall–Kier alpha value is -1.31. The lowest BCUT2D eigenvalue weighted by Gasteiger charge is -2.71. The fourth-order valence-electron chi connectivity index (χ4n) is 14.8. The van der Waals surface area contributed by atoms with Gasteiger partial charge in [0.15, 0.2) is 24.7 Å². The smallest absolute Gasteiger partial charge is 0.187 e. The minimum absolute atomic E-state index is 0.00249. The number of aliphatic hydroxyl groups excluding tert-OH is 12. The van der Waals surface area contributed by atoms with Crippen LogP contribution in [0.1, 0.15) is 106 Å². The molecule has 7 rings (SSSR count). The van der Waals surface area contributed by atoms with E-state index in [0.717, 1.165) is 19.3 Å². The number of Topliss-reactive ketones (excluding diaryl/α,β-unsaturated/α-hetero) is 1. The average molecular weight is 961 g/mol. The number of aliphatic hydroxyl groups is 12. The molecule has 4 aliphatic carbocycles. The van der Waals surface area contributed by atoms with Gasteiger partial charge in [-0.3, -0.25) is 4.79 Å². The zero-order valence-electron chi connectivity index (χ0n) is 40.0. The van der Waals surface area contributed by atoms with Crippen LogP contribution in [0.15, 0.2) is 12.2 Å². The van der Waals surface area contributed by atoms with E-state index in [1.54, 1.807) is 6.92 Å². The molecule has 19 nitrogen and oxygen atoms in total. The maximum atomic E-state index is 13.3. The molecule has 0 radical (unpaired) electrons. The van der Waals surface area contributed by atoms with E-state index in [1.807, 2.05) is 6.92 Å². The van der Waals surface area contributed by atoms with Gasteiger partial charge in [0.2, 0.25) is 0 Å². The van der Waals surface area contributed by atoms with Crippen molar-refractivity contribution in [2.45, 2.75) is 216 Å². The lowest BCUT2D eigenvalue weighted by molar-refractivity contribution is -0.382. The van der Waals surface area contributed by atoms with Gasteiger partial charge in [-0.25, -0.2) is 0 Å². The topological polar surface area (TPSA) is 315 Å². The molecule has 19 heteroatoms. The summed E-state index contributed by atoms with van der Waals surface area (Å²) in [5.41, 5.74) is -2.46. The van der Waals surface area contributed by atoms with Crippen molar-refractivity contribution in [2.24, 2.45) is 45.3 Å². The van der Waals surface area contributed by atoms with Gasteiger partial charge in [0.25, 0.3) is 0 Å². The van der Waals surface area contributed by atoms with Gasteiger partial charge in [0, 0.05) is 6.42 Å². The molecular weight excluding hydrogens is 881 g/mol. The molecule has 25 atom stereocenters. The third kappa shape index (κ3) is 8.93. The van der Waals surface area contributed by atoms with Gasteiger partial charge in [-0.2, -0.15) is 0 Å². The lowest BCUT2D eigenvalue weighted by atomic mass is 9.35. The fourth-order valence-corrected chi connectivity index (χ4v) is 14.8. The van der Waals surface area contributed by atoms with Crippen molar-refractivity contribution in [1.82, 2.24) is 0 Å². The van der Waals surface area contributed by atoms with Gasteiger partial charge < -0.3 is 89.7 Å². The molecule has 0 aromatic rings. The average Bonchev–Trinajstić information content (AvgIpc) is 3.67. The minimum atomic E-state index is -1.87. The maximum Gasteiger partial charge on any atom is 0.187 e. The molecule has 0 amide bonds. The molecule has 3 aliphatic heterocycles. The lowest BCUT2D eigenvalue weighted by Crippen LogP contribution is -2.68. The third-order valence-electron chi connectivity index (χ3n) is 18.9. The molecule has 0 spiro atoms. The molecule has 0 aromatic carbocycles. The Morgan fingerprint density at radius 3 is 1.69 bits per heavy atom. The first-order valence-electron chi connectivity index (χ1n) is 24.3. The molecule has 0 unspecified atom stereocenters. The van der Waals surface area contributed by atoms with Crippen LogP contribution in [-0.2, 0) is 33.2 Å². The highest BCUT2D eigenvalue weighted by Gasteiger charge is 2.72. The zero-order valence-corrected chi connectivity index (χ0v) is 40.0. The molecule has 4 saturated carbocycles. The van der Waals surface area contributed by atoms with E-state index in [9.17, 15) is 66.1 Å². The summed E-state index contributed by atoms with van der Waals surface area (Å²) in [5, 5.41) is 129. The van der Waals surface area contributed by atoms with Crippen LogP contribution in [0.4, 0.5) is 0 Å².